The van der Waals surface area contributed by atoms with E-state index in [2.05, 4.69) is 10.5 Å². The number of methoxy groups -OCH3 is 1. The van der Waals surface area contributed by atoms with Gasteiger partial charge in [0, 0.05) is 0 Å². The van der Waals surface area contributed by atoms with Crippen LogP contribution in [-0.4, -0.2) is 13.3 Å². The molecule has 0 saturated carbocycles. The molecule has 0 atom stereocenters. The lowest BCUT2D eigenvalue weighted by molar-refractivity contribution is 0.415. The van der Waals surface area contributed by atoms with Gasteiger partial charge in [-0.15, -0.1) is 0 Å². The maximum atomic E-state index is 5.97. The molecule has 1 aromatic heterocycles. The summed E-state index contributed by atoms with van der Waals surface area (Å²) in [5.41, 5.74) is 3.62. The summed E-state index contributed by atoms with van der Waals surface area (Å²) in [6.45, 7) is 0. The zero-order valence-electron chi connectivity index (χ0n) is 9.18. The predicted molar refractivity (Wildman–Crippen MR) is 67.9 cm³/mol. The Labute approximate surface area is 104 Å². The third-order valence-electron chi connectivity index (χ3n) is 2.08. The van der Waals surface area contributed by atoms with Gasteiger partial charge < -0.3 is 9.15 Å². The summed E-state index contributed by atoms with van der Waals surface area (Å²) in [6.07, 6.45) is 3.17. The number of nitrogens with zero attached hydrogens (tertiary/aromatic N) is 1. The summed E-state index contributed by atoms with van der Waals surface area (Å²) in [5.74, 6) is 1.31. The highest BCUT2D eigenvalue weighted by molar-refractivity contribution is 6.32. The lowest BCUT2D eigenvalue weighted by Gasteiger charge is -2.04. The third kappa shape index (κ3) is 3.01. The van der Waals surface area contributed by atoms with Crippen molar-refractivity contribution in [3.8, 4) is 5.75 Å². The second-order valence-corrected chi connectivity index (χ2v) is 3.64. The molecular formula is C12H11ClN2O2. The molecule has 88 valence electrons. The molecule has 5 heteroatoms. The number of hydrazone groups is 1. The molecule has 0 fully saturated rings. The topological polar surface area (TPSA) is 46.8 Å². The lowest BCUT2D eigenvalue weighted by atomic mass is 10.3. The van der Waals surface area contributed by atoms with E-state index in [-0.39, 0.29) is 0 Å². The van der Waals surface area contributed by atoms with Crippen LogP contribution in [0.1, 0.15) is 5.76 Å². The molecule has 0 amide bonds. The van der Waals surface area contributed by atoms with Crippen molar-refractivity contribution in [2.24, 2.45) is 5.10 Å². The highest BCUT2D eigenvalue weighted by atomic mass is 35.5. The van der Waals surface area contributed by atoms with Gasteiger partial charge in [0.2, 0.25) is 0 Å². The molecule has 0 aliphatic rings. The first-order valence-electron chi connectivity index (χ1n) is 4.96. The number of benzene rings is 1. The van der Waals surface area contributed by atoms with Crippen molar-refractivity contribution in [2.75, 3.05) is 12.5 Å². The van der Waals surface area contributed by atoms with Crippen LogP contribution in [0.25, 0.3) is 0 Å². The number of furan rings is 1. The van der Waals surface area contributed by atoms with Crippen LogP contribution in [0.2, 0.25) is 5.02 Å². The highest BCUT2D eigenvalue weighted by Gasteiger charge is 2.00. The normalized spacial score (nSPS) is 10.7. The quantitative estimate of drug-likeness (QED) is 0.668. The molecule has 2 aromatic rings. The Morgan fingerprint density at radius 2 is 2.29 bits per heavy atom. The molecule has 2 rings (SSSR count). The number of hydrogen-bond donors (Lipinski definition) is 1. The Kier molecular flexibility index (Phi) is 3.67. The Bertz CT molecular complexity index is 509. The monoisotopic (exact) mass is 250 g/mol. The standard InChI is InChI=1S/C12H11ClN2O2/c1-16-12-5-4-9(7-11(12)13)15-14-8-10-3-2-6-17-10/h2-8,15H,1H3/b14-8+. The Balaban J connectivity index is 2.02. The van der Waals surface area contributed by atoms with Gasteiger partial charge >= 0.3 is 0 Å². The smallest absolute Gasteiger partial charge is 0.146 e. The Morgan fingerprint density at radius 1 is 1.41 bits per heavy atom. The van der Waals surface area contributed by atoms with Crippen molar-refractivity contribution in [1.82, 2.24) is 0 Å². The molecule has 0 saturated heterocycles. The van der Waals surface area contributed by atoms with E-state index in [4.69, 9.17) is 20.8 Å². The van der Waals surface area contributed by atoms with Gasteiger partial charge in [-0.1, -0.05) is 11.6 Å². The van der Waals surface area contributed by atoms with Crippen LogP contribution >= 0.6 is 11.6 Å². The number of nitrogens with one attached hydrogen (secondary N) is 1. The fourth-order valence-electron chi connectivity index (χ4n) is 1.27. The molecule has 4 nitrogen and oxygen atoms in total. The minimum absolute atomic E-state index is 0.533. The maximum absolute atomic E-state index is 5.97. The minimum Gasteiger partial charge on any atom is -0.495 e. The van der Waals surface area contributed by atoms with Gasteiger partial charge in [0.25, 0.3) is 0 Å². The average molecular weight is 251 g/mol. The number of rotatable bonds is 4. The molecular weight excluding hydrogens is 240 g/mol. The maximum Gasteiger partial charge on any atom is 0.146 e. The summed E-state index contributed by atoms with van der Waals surface area (Å²) in [7, 11) is 1.57. The first-order chi connectivity index (χ1) is 8.29. The van der Waals surface area contributed by atoms with Gasteiger partial charge in [0.1, 0.15) is 11.5 Å². The number of ether oxygens (including phenoxy) is 1. The van der Waals surface area contributed by atoms with E-state index in [0.29, 0.717) is 16.5 Å². The van der Waals surface area contributed by atoms with Gasteiger partial charge in [0.05, 0.1) is 30.3 Å². The molecule has 0 unspecified atom stereocenters. The van der Waals surface area contributed by atoms with Gasteiger partial charge in [0.15, 0.2) is 0 Å². The van der Waals surface area contributed by atoms with Crippen molar-refractivity contribution < 1.29 is 9.15 Å². The zero-order valence-corrected chi connectivity index (χ0v) is 9.94. The van der Waals surface area contributed by atoms with Crippen molar-refractivity contribution >= 4 is 23.5 Å². The zero-order chi connectivity index (χ0) is 12.1. The molecule has 0 aliphatic heterocycles. The number of hydrogen-bond acceptors (Lipinski definition) is 4. The molecule has 0 spiro atoms. The SMILES string of the molecule is COc1ccc(N/N=C/c2ccco2)cc1Cl. The second kappa shape index (κ2) is 5.41. The van der Waals surface area contributed by atoms with Crippen molar-refractivity contribution in [1.29, 1.82) is 0 Å². The van der Waals surface area contributed by atoms with E-state index < -0.39 is 0 Å². The van der Waals surface area contributed by atoms with Crippen molar-refractivity contribution in [3.63, 3.8) is 0 Å². The molecule has 0 aliphatic carbocycles. The Morgan fingerprint density at radius 3 is 2.94 bits per heavy atom. The van der Waals surface area contributed by atoms with Crippen molar-refractivity contribution in [2.45, 2.75) is 0 Å². The van der Waals surface area contributed by atoms with Crippen LogP contribution in [0.15, 0.2) is 46.1 Å². The molecule has 0 radical (unpaired) electrons. The highest BCUT2D eigenvalue weighted by Crippen LogP contribution is 2.27. The number of halogens is 1. The van der Waals surface area contributed by atoms with Gasteiger partial charge in [-0.25, -0.2) is 0 Å². The fraction of sp³-hybridized carbons (Fsp3) is 0.0833. The largest absolute Gasteiger partial charge is 0.495 e. The molecule has 1 N–H and O–H groups in total. The number of anilines is 1. The molecule has 1 heterocycles. The van der Waals surface area contributed by atoms with Gasteiger partial charge in [-0.2, -0.15) is 5.10 Å². The van der Waals surface area contributed by atoms with Crippen LogP contribution in [0.5, 0.6) is 5.75 Å². The molecule has 1 aromatic carbocycles. The van der Waals surface area contributed by atoms with Crippen LogP contribution < -0.4 is 10.2 Å². The second-order valence-electron chi connectivity index (χ2n) is 3.23. The summed E-state index contributed by atoms with van der Waals surface area (Å²) >= 11 is 5.97. The van der Waals surface area contributed by atoms with Crippen LogP contribution in [-0.2, 0) is 0 Å². The van der Waals surface area contributed by atoms with Gasteiger partial charge in [-0.3, -0.25) is 5.43 Å². The van der Waals surface area contributed by atoms with Gasteiger partial charge in [-0.05, 0) is 30.3 Å². The first-order valence-corrected chi connectivity index (χ1v) is 5.33. The summed E-state index contributed by atoms with van der Waals surface area (Å²) in [5, 5.41) is 4.55. The fourth-order valence-corrected chi connectivity index (χ4v) is 1.53. The first kappa shape index (κ1) is 11.5. The van der Waals surface area contributed by atoms with Crippen molar-refractivity contribution in [3.05, 3.63) is 47.4 Å². The third-order valence-corrected chi connectivity index (χ3v) is 2.38. The van der Waals surface area contributed by atoms with E-state index >= 15 is 0 Å². The van der Waals surface area contributed by atoms with Crippen LogP contribution in [0.4, 0.5) is 5.69 Å². The average Bonchev–Trinajstić information content (AvgIpc) is 2.82. The van der Waals surface area contributed by atoms with E-state index in [9.17, 15) is 0 Å². The summed E-state index contributed by atoms with van der Waals surface area (Å²) in [6, 6.07) is 8.94. The van der Waals surface area contributed by atoms with Crippen LogP contribution in [0.3, 0.4) is 0 Å². The minimum atomic E-state index is 0.533. The Hall–Kier alpha value is -1.94. The van der Waals surface area contributed by atoms with E-state index in [1.54, 1.807) is 37.8 Å². The lowest BCUT2D eigenvalue weighted by Crippen LogP contribution is -1.91. The summed E-state index contributed by atoms with van der Waals surface area (Å²) < 4.78 is 10.1. The van der Waals surface area contributed by atoms with Crippen LogP contribution in [0, 0.1) is 0 Å². The van der Waals surface area contributed by atoms with E-state index in [1.807, 2.05) is 12.1 Å². The molecule has 17 heavy (non-hydrogen) atoms. The van der Waals surface area contributed by atoms with E-state index in [1.165, 1.54) is 0 Å². The molecule has 0 bridgehead atoms. The predicted octanol–water partition coefficient (Wildman–Crippen LogP) is 3.39. The summed E-state index contributed by atoms with van der Waals surface area (Å²) in [4.78, 5) is 0. The van der Waals surface area contributed by atoms with E-state index in [0.717, 1.165) is 5.69 Å².